The van der Waals surface area contributed by atoms with E-state index >= 15 is 0 Å². The first-order chi connectivity index (χ1) is 11.5. The van der Waals surface area contributed by atoms with Crippen molar-refractivity contribution in [2.45, 2.75) is 33.6 Å². The molecule has 0 saturated carbocycles. The van der Waals surface area contributed by atoms with Gasteiger partial charge in [0.15, 0.2) is 5.78 Å². The third-order valence-electron chi connectivity index (χ3n) is 4.77. The largest absolute Gasteiger partial charge is 0.371 e. The number of nitriles is 1. The summed E-state index contributed by atoms with van der Waals surface area (Å²) in [6, 6.07) is 7.32. The van der Waals surface area contributed by atoms with Gasteiger partial charge in [-0.1, -0.05) is 0 Å². The Morgan fingerprint density at radius 2 is 1.88 bits per heavy atom. The first-order valence-corrected chi connectivity index (χ1v) is 8.60. The normalized spacial score (nSPS) is 15.0. The number of Topliss-reactive ketones (excluding diaryl/α,β-unsaturated/α-hetero) is 1. The van der Waals surface area contributed by atoms with Crippen LogP contribution in [0.2, 0.25) is 0 Å². The van der Waals surface area contributed by atoms with Crippen LogP contribution in [-0.4, -0.2) is 42.8 Å². The fraction of sp³-hybridized carbons (Fsp3) is 0.526. The number of carbonyl (C=O) groups is 2. The van der Waals surface area contributed by atoms with Gasteiger partial charge in [-0.15, -0.1) is 0 Å². The number of ketones is 1. The Morgan fingerprint density at radius 1 is 1.25 bits per heavy atom. The molecule has 1 aromatic carbocycles. The predicted molar refractivity (Wildman–Crippen MR) is 94.0 cm³/mol. The minimum Gasteiger partial charge on any atom is -0.371 e. The van der Waals surface area contributed by atoms with Gasteiger partial charge in [-0.25, -0.2) is 0 Å². The minimum absolute atomic E-state index is 0.00386. The SMILES string of the molecule is CCN(CC)C(=O)C1CCN(c2cc(C#N)ccc2C(C)=O)CC1. The Morgan fingerprint density at radius 3 is 2.38 bits per heavy atom. The Labute approximate surface area is 143 Å². The van der Waals surface area contributed by atoms with Gasteiger partial charge in [-0.05, 0) is 51.8 Å². The van der Waals surface area contributed by atoms with Crippen molar-refractivity contribution in [1.29, 1.82) is 5.26 Å². The topological polar surface area (TPSA) is 64.4 Å². The van der Waals surface area contributed by atoms with Crippen LogP contribution in [0.4, 0.5) is 5.69 Å². The highest BCUT2D eigenvalue weighted by Crippen LogP contribution is 2.28. The van der Waals surface area contributed by atoms with Gasteiger partial charge in [0.2, 0.25) is 5.91 Å². The van der Waals surface area contributed by atoms with Gasteiger partial charge in [0.25, 0.3) is 0 Å². The predicted octanol–water partition coefficient (Wildman–Crippen LogP) is 2.85. The van der Waals surface area contributed by atoms with Crippen LogP contribution in [0.1, 0.15) is 49.5 Å². The first kappa shape index (κ1) is 18.0. The highest BCUT2D eigenvalue weighted by molar-refractivity contribution is 6.00. The monoisotopic (exact) mass is 327 g/mol. The average Bonchev–Trinajstić information content (AvgIpc) is 2.62. The third-order valence-corrected chi connectivity index (χ3v) is 4.77. The zero-order chi connectivity index (χ0) is 17.7. The lowest BCUT2D eigenvalue weighted by Gasteiger charge is -2.35. The number of nitrogens with zero attached hydrogens (tertiary/aromatic N) is 3. The van der Waals surface area contributed by atoms with E-state index in [-0.39, 0.29) is 17.6 Å². The lowest BCUT2D eigenvalue weighted by molar-refractivity contribution is -0.135. The van der Waals surface area contributed by atoms with Crippen molar-refractivity contribution >= 4 is 17.4 Å². The zero-order valence-electron chi connectivity index (χ0n) is 14.7. The number of rotatable bonds is 5. The maximum atomic E-state index is 12.5. The minimum atomic E-state index is -0.00386. The highest BCUT2D eigenvalue weighted by atomic mass is 16.2. The van der Waals surface area contributed by atoms with Gasteiger partial charge in [0, 0.05) is 43.3 Å². The first-order valence-electron chi connectivity index (χ1n) is 8.60. The Bertz CT molecular complexity index is 651. The summed E-state index contributed by atoms with van der Waals surface area (Å²) in [5.74, 6) is 0.286. The van der Waals surface area contributed by atoms with Crippen LogP contribution in [-0.2, 0) is 4.79 Å². The van der Waals surface area contributed by atoms with Crippen molar-refractivity contribution in [2.24, 2.45) is 5.92 Å². The molecule has 0 unspecified atom stereocenters. The second-order valence-electron chi connectivity index (χ2n) is 6.17. The second kappa shape index (κ2) is 7.96. The van der Waals surface area contributed by atoms with Crippen molar-refractivity contribution in [1.82, 2.24) is 4.90 Å². The number of benzene rings is 1. The van der Waals surface area contributed by atoms with Gasteiger partial charge in [0.05, 0.1) is 11.6 Å². The van der Waals surface area contributed by atoms with E-state index in [1.165, 1.54) is 0 Å². The molecule has 0 aromatic heterocycles. The quantitative estimate of drug-likeness (QED) is 0.780. The van der Waals surface area contributed by atoms with Crippen molar-refractivity contribution < 1.29 is 9.59 Å². The summed E-state index contributed by atoms with van der Waals surface area (Å²) in [5.41, 5.74) is 2.01. The molecule has 0 radical (unpaired) electrons. The van der Waals surface area contributed by atoms with Crippen LogP contribution in [0.25, 0.3) is 0 Å². The van der Waals surface area contributed by atoms with Gasteiger partial charge in [0.1, 0.15) is 0 Å². The number of carbonyl (C=O) groups excluding carboxylic acids is 2. The molecule has 1 saturated heterocycles. The summed E-state index contributed by atoms with van der Waals surface area (Å²) in [6.07, 6.45) is 1.56. The summed E-state index contributed by atoms with van der Waals surface area (Å²) < 4.78 is 0. The molecule has 5 nitrogen and oxygen atoms in total. The second-order valence-corrected chi connectivity index (χ2v) is 6.17. The molecule has 2 rings (SSSR count). The summed E-state index contributed by atoms with van der Waals surface area (Å²) in [6.45, 7) is 8.50. The molecule has 5 heteroatoms. The Hall–Kier alpha value is -2.35. The fourth-order valence-corrected chi connectivity index (χ4v) is 3.32. The van der Waals surface area contributed by atoms with Crippen LogP contribution in [0.15, 0.2) is 18.2 Å². The van der Waals surface area contributed by atoms with Crippen molar-refractivity contribution in [2.75, 3.05) is 31.1 Å². The van der Waals surface area contributed by atoms with Gasteiger partial charge < -0.3 is 9.80 Å². The molecular formula is C19H25N3O2. The average molecular weight is 327 g/mol. The molecule has 1 amide bonds. The Balaban J connectivity index is 2.14. The summed E-state index contributed by atoms with van der Waals surface area (Å²) in [7, 11) is 0. The number of hydrogen-bond acceptors (Lipinski definition) is 4. The number of hydrogen-bond donors (Lipinski definition) is 0. The molecule has 1 aliphatic rings. The molecule has 0 aliphatic carbocycles. The molecule has 0 bridgehead atoms. The van der Waals surface area contributed by atoms with E-state index in [4.69, 9.17) is 5.26 Å². The molecule has 128 valence electrons. The van der Waals surface area contributed by atoms with Crippen LogP contribution in [0.3, 0.4) is 0 Å². The van der Waals surface area contributed by atoms with E-state index in [0.717, 1.165) is 44.7 Å². The van der Waals surface area contributed by atoms with Crippen LogP contribution in [0, 0.1) is 17.2 Å². The molecule has 1 aliphatic heterocycles. The highest BCUT2D eigenvalue weighted by Gasteiger charge is 2.28. The van der Waals surface area contributed by atoms with Gasteiger partial charge in [-0.3, -0.25) is 9.59 Å². The molecule has 1 aromatic rings. The van der Waals surface area contributed by atoms with Gasteiger partial charge in [-0.2, -0.15) is 5.26 Å². The standard InChI is InChI=1S/C19H25N3O2/c1-4-21(5-2)19(24)16-8-10-22(11-9-16)18-12-15(13-20)6-7-17(18)14(3)23/h6-7,12,16H,4-5,8-11H2,1-3H3. The van der Waals surface area contributed by atoms with E-state index in [2.05, 4.69) is 11.0 Å². The van der Waals surface area contributed by atoms with Crippen LogP contribution in [0.5, 0.6) is 0 Å². The van der Waals surface area contributed by atoms with Crippen molar-refractivity contribution in [3.63, 3.8) is 0 Å². The number of anilines is 1. The smallest absolute Gasteiger partial charge is 0.225 e. The molecule has 0 atom stereocenters. The molecule has 1 heterocycles. The van der Waals surface area contributed by atoms with Crippen molar-refractivity contribution in [3.05, 3.63) is 29.3 Å². The van der Waals surface area contributed by atoms with E-state index in [1.807, 2.05) is 18.7 Å². The van der Waals surface area contributed by atoms with Crippen LogP contribution >= 0.6 is 0 Å². The lowest BCUT2D eigenvalue weighted by Crippen LogP contribution is -2.42. The summed E-state index contributed by atoms with van der Waals surface area (Å²) >= 11 is 0. The number of amides is 1. The van der Waals surface area contributed by atoms with E-state index in [1.54, 1.807) is 25.1 Å². The van der Waals surface area contributed by atoms with Gasteiger partial charge >= 0.3 is 0 Å². The molecule has 24 heavy (non-hydrogen) atoms. The number of piperidine rings is 1. The third kappa shape index (κ3) is 3.76. The maximum Gasteiger partial charge on any atom is 0.225 e. The molecule has 1 fully saturated rings. The van der Waals surface area contributed by atoms with E-state index < -0.39 is 0 Å². The van der Waals surface area contributed by atoms with Crippen molar-refractivity contribution in [3.8, 4) is 6.07 Å². The summed E-state index contributed by atoms with van der Waals surface area (Å²) in [5, 5.41) is 9.12. The molecule has 0 N–H and O–H groups in total. The zero-order valence-corrected chi connectivity index (χ0v) is 14.7. The van der Waals surface area contributed by atoms with E-state index in [9.17, 15) is 9.59 Å². The fourth-order valence-electron chi connectivity index (χ4n) is 3.32. The molecule has 0 spiro atoms. The lowest BCUT2D eigenvalue weighted by atomic mass is 9.93. The maximum absolute atomic E-state index is 12.5. The van der Waals surface area contributed by atoms with E-state index in [0.29, 0.717) is 11.1 Å². The summed E-state index contributed by atoms with van der Waals surface area (Å²) in [4.78, 5) is 28.4. The molecular weight excluding hydrogens is 302 g/mol. The Kier molecular flexibility index (Phi) is 5.97. The van der Waals surface area contributed by atoms with Crippen LogP contribution < -0.4 is 4.90 Å².